The number of nitrogens with one attached hydrogen (secondary N) is 1. The van der Waals surface area contributed by atoms with Gasteiger partial charge in [0.25, 0.3) is 5.91 Å². The highest BCUT2D eigenvalue weighted by Crippen LogP contribution is 2.33. The van der Waals surface area contributed by atoms with Crippen LogP contribution in [0.1, 0.15) is 48.2 Å². The lowest BCUT2D eigenvalue weighted by Crippen LogP contribution is -2.34. The zero-order chi connectivity index (χ0) is 16.4. The molecule has 4 nitrogen and oxygen atoms in total. The molecule has 0 unspecified atom stereocenters. The molecule has 0 aromatic carbocycles. The Morgan fingerprint density at radius 3 is 2.62 bits per heavy atom. The van der Waals surface area contributed by atoms with E-state index in [1.54, 1.807) is 6.20 Å². The summed E-state index contributed by atoms with van der Waals surface area (Å²) < 4.78 is 2.02. The first-order chi connectivity index (χ1) is 11.8. The Kier molecular flexibility index (Phi) is 4.34. The molecule has 0 saturated heterocycles. The number of pyridine rings is 1. The van der Waals surface area contributed by atoms with Crippen LogP contribution in [0, 0.1) is 0 Å². The molecule has 0 spiro atoms. The number of rotatable bonds is 3. The quantitative estimate of drug-likeness (QED) is 0.712. The Morgan fingerprint density at radius 1 is 1.12 bits per heavy atom. The van der Waals surface area contributed by atoms with E-state index in [9.17, 15) is 4.79 Å². The van der Waals surface area contributed by atoms with Gasteiger partial charge in [-0.05, 0) is 37.1 Å². The largest absolute Gasteiger partial charge is 0.349 e. The van der Waals surface area contributed by atoms with Crippen molar-refractivity contribution in [3.63, 3.8) is 0 Å². The number of aromatic nitrogens is 2. The molecule has 0 bridgehead atoms. The lowest BCUT2D eigenvalue weighted by atomic mass is 10.1. The number of thiophene rings is 1. The van der Waals surface area contributed by atoms with Gasteiger partial charge in [-0.25, -0.2) is 4.98 Å². The number of carbonyl (C=O) groups excluding carboxylic acids is 1. The Labute approximate surface area is 145 Å². The molecule has 3 aromatic rings. The summed E-state index contributed by atoms with van der Waals surface area (Å²) in [5, 5.41) is 4.30. The maximum Gasteiger partial charge on any atom is 0.263 e. The molecule has 4 rings (SSSR count). The normalized spacial score (nSPS) is 16.2. The molecule has 5 heteroatoms. The second-order valence-electron chi connectivity index (χ2n) is 6.39. The number of amides is 1. The van der Waals surface area contributed by atoms with E-state index in [-0.39, 0.29) is 5.91 Å². The summed E-state index contributed by atoms with van der Waals surface area (Å²) in [7, 11) is 0. The lowest BCUT2D eigenvalue weighted by Gasteiger charge is -2.16. The Balaban J connectivity index is 1.70. The molecule has 1 fully saturated rings. The smallest absolute Gasteiger partial charge is 0.263 e. The number of hydrogen-bond acceptors (Lipinski definition) is 3. The first-order valence-electron chi connectivity index (χ1n) is 8.64. The average Bonchev–Trinajstić information content (AvgIpc) is 3.17. The van der Waals surface area contributed by atoms with Crippen molar-refractivity contribution < 1.29 is 4.79 Å². The van der Waals surface area contributed by atoms with Gasteiger partial charge in [0, 0.05) is 30.0 Å². The first-order valence-corrected chi connectivity index (χ1v) is 9.46. The molecule has 1 aliphatic rings. The predicted molar refractivity (Wildman–Crippen MR) is 97.9 cm³/mol. The summed E-state index contributed by atoms with van der Waals surface area (Å²) >= 11 is 1.48. The molecule has 1 saturated carbocycles. The van der Waals surface area contributed by atoms with Gasteiger partial charge < -0.3 is 9.88 Å². The van der Waals surface area contributed by atoms with Crippen LogP contribution >= 0.6 is 11.3 Å². The van der Waals surface area contributed by atoms with Crippen LogP contribution in [0.3, 0.4) is 0 Å². The van der Waals surface area contributed by atoms with Crippen LogP contribution in [-0.4, -0.2) is 21.5 Å². The van der Waals surface area contributed by atoms with Crippen LogP contribution in [0.2, 0.25) is 0 Å². The van der Waals surface area contributed by atoms with Crippen molar-refractivity contribution in [2.75, 3.05) is 0 Å². The van der Waals surface area contributed by atoms with Crippen molar-refractivity contribution in [2.45, 2.75) is 44.6 Å². The van der Waals surface area contributed by atoms with Gasteiger partial charge in [0.05, 0.1) is 5.69 Å². The minimum atomic E-state index is 0.0357. The highest BCUT2D eigenvalue weighted by Gasteiger charge is 2.22. The third-order valence-electron chi connectivity index (χ3n) is 4.70. The Hall–Kier alpha value is -2.14. The highest BCUT2D eigenvalue weighted by molar-refractivity contribution is 7.21. The number of hydrogen-bond donors (Lipinski definition) is 1. The van der Waals surface area contributed by atoms with E-state index >= 15 is 0 Å². The number of nitrogens with zero attached hydrogens (tertiary/aromatic N) is 2. The van der Waals surface area contributed by atoms with Crippen molar-refractivity contribution in [1.82, 2.24) is 14.9 Å². The summed E-state index contributed by atoms with van der Waals surface area (Å²) in [6.45, 7) is 0. The zero-order valence-electron chi connectivity index (χ0n) is 13.6. The molecule has 3 aromatic heterocycles. The van der Waals surface area contributed by atoms with Crippen LogP contribution in [-0.2, 0) is 0 Å². The van der Waals surface area contributed by atoms with Crippen LogP contribution in [0.25, 0.3) is 15.9 Å². The molecule has 1 N–H and O–H groups in total. The van der Waals surface area contributed by atoms with E-state index in [0.717, 1.165) is 33.6 Å². The summed E-state index contributed by atoms with van der Waals surface area (Å²) in [5.41, 5.74) is 0.944. The molecule has 24 heavy (non-hydrogen) atoms. The fraction of sp³-hybridized carbons (Fsp3) is 0.368. The molecule has 0 atom stereocenters. The molecular weight excluding hydrogens is 318 g/mol. The van der Waals surface area contributed by atoms with Crippen LogP contribution in [0.5, 0.6) is 0 Å². The third kappa shape index (κ3) is 2.96. The fourth-order valence-corrected chi connectivity index (χ4v) is 4.53. The molecule has 0 radical (unpaired) electrons. The maximum absolute atomic E-state index is 13.0. The van der Waals surface area contributed by atoms with E-state index in [1.165, 1.54) is 37.0 Å². The SMILES string of the molecule is O=C(NC1CCCCCC1)c1sc2ncccc2c1-n1cccc1. The predicted octanol–water partition coefficient (Wildman–Crippen LogP) is 4.54. The van der Waals surface area contributed by atoms with Crippen LogP contribution in [0.4, 0.5) is 0 Å². The minimum Gasteiger partial charge on any atom is -0.349 e. The topological polar surface area (TPSA) is 46.9 Å². The number of carbonyl (C=O) groups is 1. The third-order valence-corrected chi connectivity index (χ3v) is 5.80. The van der Waals surface area contributed by atoms with Gasteiger partial charge >= 0.3 is 0 Å². The van der Waals surface area contributed by atoms with Crippen molar-refractivity contribution in [3.8, 4) is 5.69 Å². The summed E-state index contributed by atoms with van der Waals surface area (Å²) in [4.78, 5) is 19.1. The molecular formula is C19H21N3OS. The summed E-state index contributed by atoms with van der Waals surface area (Å²) in [5.74, 6) is 0.0357. The van der Waals surface area contributed by atoms with Gasteiger partial charge in [-0.1, -0.05) is 25.7 Å². The highest BCUT2D eigenvalue weighted by atomic mass is 32.1. The maximum atomic E-state index is 13.0. The van der Waals surface area contributed by atoms with Crippen molar-refractivity contribution in [3.05, 3.63) is 47.7 Å². The van der Waals surface area contributed by atoms with E-state index < -0.39 is 0 Å². The Morgan fingerprint density at radius 2 is 1.88 bits per heavy atom. The molecule has 124 valence electrons. The average molecular weight is 339 g/mol. The standard InChI is InChI=1S/C19H21N3OS/c23-18(21-14-8-3-1-2-4-9-14)17-16(22-12-5-6-13-22)15-10-7-11-20-19(15)24-17/h5-7,10-14H,1-4,8-9H2,(H,21,23). The lowest BCUT2D eigenvalue weighted by molar-refractivity contribution is 0.0937. The van der Waals surface area contributed by atoms with E-state index in [1.807, 2.05) is 41.2 Å². The van der Waals surface area contributed by atoms with E-state index in [4.69, 9.17) is 0 Å². The molecule has 1 amide bonds. The number of fused-ring (bicyclic) bond motifs is 1. The van der Waals surface area contributed by atoms with Crippen molar-refractivity contribution >= 4 is 27.5 Å². The van der Waals surface area contributed by atoms with Gasteiger partial charge in [-0.2, -0.15) is 0 Å². The van der Waals surface area contributed by atoms with Gasteiger partial charge in [0.15, 0.2) is 0 Å². The summed E-state index contributed by atoms with van der Waals surface area (Å²) in [6.07, 6.45) is 12.9. The molecule has 3 heterocycles. The minimum absolute atomic E-state index is 0.0357. The Bertz CT molecular complexity index is 830. The second kappa shape index (κ2) is 6.77. The van der Waals surface area contributed by atoms with Gasteiger partial charge in [0.2, 0.25) is 0 Å². The zero-order valence-corrected chi connectivity index (χ0v) is 14.4. The van der Waals surface area contributed by atoms with Crippen molar-refractivity contribution in [2.24, 2.45) is 0 Å². The van der Waals surface area contributed by atoms with E-state index in [2.05, 4.69) is 10.3 Å². The van der Waals surface area contributed by atoms with Crippen molar-refractivity contribution in [1.29, 1.82) is 0 Å². The summed E-state index contributed by atoms with van der Waals surface area (Å²) in [6, 6.07) is 8.22. The van der Waals surface area contributed by atoms with E-state index in [0.29, 0.717) is 6.04 Å². The molecule has 1 aliphatic carbocycles. The molecule has 0 aliphatic heterocycles. The van der Waals surface area contributed by atoms with Gasteiger partial charge in [-0.3, -0.25) is 4.79 Å². The van der Waals surface area contributed by atoms with Gasteiger partial charge in [0.1, 0.15) is 9.71 Å². The second-order valence-corrected chi connectivity index (χ2v) is 7.39. The van der Waals surface area contributed by atoms with Crippen LogP contribution < -0.4 is 5.32 Å². The first kappa shape index (κ1) is 15.4. The fourth-order valence-electron chi connectivity index (χ4n) is 3.49. The van der Waals surface area contributed by atoms with Crippen LogP contribution in [0.15, 0.2) is 42.9 Å². The van der Waals surface area contributed by atoms with Gasteiger partial charge in [-0.15, -0.1) is 11.3 Å². The monoisotopic (exact) mass is 339 g/mol.